The van der Waals surface area contributed by atoms with Gasteiger partial charge in [0, 0.05) is 14.3 Å². The Labute approximate surface area is 198 Å². The van der Waals surface area contributed by atoms with Gasteiger partial charge in [-0.15, -0.1) is 0 Å². The highest BCUT2D eigenvalue weighted by atomic mass is 79.9. The number of hydrogen-bond donors (Lipinski definition) is 1. The van der Waals surface area contributed by atoms with Gasteiger partial charge >= 0.3 is 0 Å². The number of rotatable bonds is 4. The predicted molar refractivity (Wildman–Crippen MR) is 132 cm³/mol. The summed E-state index contributed by atoms with van der Waals surface area (Å²) >= 11 is 10.3. The first kappa shape index (κ1) is 21.5. The summed E-state index contributed by atoms with van der Waals surface area (Å²) < 4.78 is 0.810. The Morgan fingerprint density at radius 1 is 0.968 bits per heavy atom. The van der Waals surface area contributed by atoms with Gasteiger partial charge in [-0.3, -0.25) is 19.8 Å². The van der Waals surface area contributed by atoms with Crippen molar-refractivity contribution in [1.82, 2.24) is 5.32 Å². The molecule has 0 aliphatic carbocycles. The lowest BCUT2D eigenvalue weighted by Gasteiger charge is -2.29. The molecule has 4 rings (SSSR count). The number of carbonyl (C=O) groups is 2. The molecule has 1 fully saturated rings. The molecule has 1 heterocycles. The Morgan fingerprint density at radius 3 is 2.26 bits per heavy atom. The molecule has 0 saturated carbocycles. The minimum absolute atomic E-state index is 0.0347. The molecular weight excluding hydrogens is 492 g/mol. The van der Waals surface area contributed by atoms with Gasteiger partial charge in [-0.05, 0) is 73.2 Å². The van der Waals surface area contributed by atoms with E-state index in [0.29, 0.717) is 5.69 Å². The molecule has 0 spiro atoms. The van der Waals surface area contributed by atoms with Crippen molar-refractivity contribution in [3.05, 3.63) is 94.0 Å². The molecule has 154 valence electrons. The number of aryl methyl sites for hydroxylation is 1. The number of benzene rings is 3. The lowest BCUT2D eigenvalue weighted by molar-refractivity contribution is -0.122. The maximum atomic E-state index is 13.1. The third-order valence-corrected chi connectivity index (χ3v) is 6.41. The summed E-state index contributed by atoms with van der Waals surface area (Å²) in [6, 6.07) is 23.2. The second-order valence-corrected chi connectivity index (χ2v) is 9.37. The number of nitrogens with one attached hydrogen (secondary N) is 1. The Morgan fingerprint density at radius 2 is 1.61 bits per heavy atom. The molecule has 31 heavy (non-hydrogen) atoms. The fourth-order valence-corrected chi connectivity index (χ4v) is 4.53. The molecular formula is C24H17BrN2O2S2. The highest BCUT2D eigenvalue weighted by Crippen LogP contribution is 2.29. The molecule has 1 saturated heterocycles. The third-order valence-electron chi connectivity index (χ3n) is 4.62. The fraction of sp³-hybridized carbons (Fsp3) is 0.0417. The van der Waals surface area contributed by atoms with E-state index >= 15 is 0 Å². The van der Waals surface area contributed by atoms with Crippen LogP contribution in [0.5, 0.6) is 0 Å². The summed E-state index contributed by atoms with van der Waals surface area (Å²) in [6.07, 6.45) is 1.59. The summed E-state index contributed by atoms with van der Waals surface area (Å²) in [7, 11) is 0. The zero-order valence-corrected chi connectivity index (χ0v) is 19.7. The Balaban J connectivity index is 1.57. The Kier molecular flexibility index (Phi) is 6.36. The van der Waals surface area contributed by atoms with Crippen molar-refractivity contribution in [2.24, 2.45) is 0 Å². The van der Waals surface area contributed by atoms with Gasteiger partial charge in [0.2, 0.25) is 0 Å². The minimum Gasteiger partial charge on any atom is -0.298 e. The summed E-state index contributed by atoms with van der Waals surface area (Å²) in [5.74, 6) is -0.954. The zero-order chi connectivity index (χ0) is 22.0. The Bertz CT molecular complexity index is 1210. The van der Waals surface area contributed by atoms with Crippen LogP contribution in [0.3, 0.4) is 0 Å². The number of hydrogen-bond acceptors (Lipinski definition) is 4. The van der Waals surface area contributed by atoms with Gasteiger partial charge < -0.3 is 0 Å². The average Bonchev–Trinajstić information content (AvgIpc) is 2.74. The number of amides is 2. The molecule has 4 nitrogen and oxygen atoms in total. The molecule has 2 amide bonds. The molecule has 7 heteroatoms. The van der Waals surface area contributed by atoms with E-state index in [9.17, 15) is 9.59 Å². The van der Waals surface area contributed by atoms with Crippen molar-refractivity contribution in [1.29, 1.82) is 0 Å². The van der Waals surface area contributed by atoms with E-state index in [2.05, 4.69) is 52.4 Å². The maximum Gasteiger partial charge on any atom is 0.270 e. The first-order chi connectivity index (χ1) is 14.9. The van der Waals surface area contributed by atoms with E-state index in [-0.39, 0.29) is 10.7 Å². The van der Waals surface area contributed by atoms with Crippen molar-refractivity contribution in [2.45, 2.75) is 16.7 Å². The lowest BCUT2D eigenvalue weighted by Crippen LogP contribution is -2.54. The SMILES string of the molecule is Cc1ccc(Sc2ccc(/C=C3\C(=O)NC(=S)N(c4cccc(Br)c4)C3=O)cc2)cc1. The van der Waals surface area contributed by atoms with Gasteiger partial charge in [-0.1, -0.05) is 63.6 Å². The molecule has 0 radical (unpaired) electrons. The van der Waals surface area contributed by atoms with E-state index in [1.54, 1.807) is 36.0 Å². The van der Waals surface area contributed by atoms with Crippen LogP contribution in [0.25, 0.3) is 6.08 Å². The summed E-state index contributed by atoms with van der Waals surface area (Å²) in [5.41, 5.74) is 2.60. The van der Waals surface area contributed by atoms with Gasteiger partial charge in [0.15, 0.2) is 5.11 Å². The van der Waals surface area contributed by atoms with E-state index in [4.69, 9.17) is 12.2 Å². The second-order valence-electron chi connectivity index (χ2n) is 6.92. The molecule has 1 aliphatic rings. The first-order valence-corrected chi connectivity index (χ1v) is 11.4. The molecule has 0 atom stereocenters. The quantitative estimate of drug-likeness (QED) is 0.277. The predicted octanol–water partition coefficient (Wildman–Crippen LogP) is 5.74. The molecule has 1 N–H and O–H groups in total. The van der Waals surface area contributed by atoms with Crippen LogP contribution in [0.15, 0.2) is 92.6 Å². The molecule has 3 aromatic carbocycles. The van der Waals surface area contributed by atoms with Crippen LogP contribution < -0.4 is 10.2 Å². The average molecular weight is 509 g/mol. The third kappa shape index (κ3) is 4.95. The van der Waals surface area contributed by atoms with Crippen molar-refractivity contribution in [3.8, 4) is 0 Å². The van der Waals surface area contributed by atoms with Crippen LogP contribution in [0.2, 0.25) is 0 Å². The molecule has 3 aromatic rings. The Hall–Kier alpha value is -2.74. The van der Waals surface area contributed by atoms with Gasteiger partial charge in [0.1, 0.15) is 5.57 Å². The van der Waals surface area contributed by atoms with Gasteiger partial charge in [0.25, 0.3) is 11.8 Å². The van der Waals surface area contributed by atoms with Crippen LogP contribution in [-0.2, 0) is 9.59 Å². The first-order valence-electron chi connectivity index (χ1n) is 9.42. The normalized spacial score (nSPS) is 15.4. The largest absolute Gasteiger partial charge is 0.298 e. The fourth-order valence-electron chi connectivity index (χ4n) is 3.05. The van der Waals surface area contributed by atoms with Crippen molar-refractivity contribution < 1.29 is 9.59 Å². The molecule has 1 aliphatic heterocycles. The van der Waals surface area contributed by atoms with Gasteiger partial charge in [-0.25, -0.2) is 0 Å². The van der Waals surface area contributed by atoms with E-state index < -0.39 is 11.8 Å². The van der Waals surface area contributed by atoms with Crippen LogP contribution in [-0.4, -0.2) is 16.9 Å². The number of carbonyl (C=O) groups excluding carboxylic acids is 2. The smallest absolute Gasteiger partial charge is 0.270 e. The van der Waals surface area contributed by atoms with E-state index in [0.717, 1.165) is 19.8 Å². The minimum atomic E-state index is -0.501. The van der Waals surface area contributed by atoms with Crippen LogP contribution in [0.4, 0.5) is 5.69 Å². The number of halogens is 1. The summed E-state index contributed by atoms with van der Waals surface area (Å²) in [4.78, 5) is 29.1. The van der Waals surface area contributed by atoms with Crippen molar-refractivity contribution in [2.75, 3.05) is 4.90 Å². The lowest BCUT2D eigenvalue weighted by atomic mass is 10.1. The van der Waals surface area contributed by atoms with E-state index in [1.807, 2.05) is 30.3 Å². The van der Waals surface area contributed by atoms with Gasteiger partial charge in [0.05, 0.1) is 5.69 Å². The van der Waals surface area contributed by atoms with Crippen LogP contribution in [0.1, 0.15) is 11.1 Å². The highest BCUT2D eigenvalue weighted by molar-refractivity contribution is 9.10. The highest BCUT2D eigenvalue weighted by Gasteiger charge is 2.34. The second kappa shape index (κ2) is 9.18. The number of thiocarbonyl (C=S) groups is 1. The molecule has 0 aromatic heterocycles. The monoisotopic (exact) mass is 508 g/mol. The summed E-state index contributed by atoms with van der Waals surface area (Å²) in [6.45, 7) is 2.06. The number of anilines is 1. The standard InChI is InChI=1S/C24H17BrN2O2S2/c1-15-5-9-19(10-6-15)31-20-11-7-16(8-12-20)13-21-22(28)26-24(30)27(23(21)29)18-4-2-3-17(25)14-18/h2-14H,1H3,(H,26,28,30)/b21-13+. The van der Waals surface area contributed by atoms with Crippen molar-refractivity contribution >= 4 is 68.6 Å². The topological polar surface area (TPSA) is 49.4 Å². The van der Waals surface area contributed by atoms with Crippen LogP contribution in [0, 0.1) is 6.92 Å². The van der Waals surface area contributed by atoms with Gasteiger partial charge in [-0.2, -0.15) is 0 Å². The van der Waals surface area contributed by atoms with Crippen molar-refractivity contribution in [3.63, 3.8) is 0 Å². The summed E-state index contributed by atoms with van der Waals surface area (Å²) in [5, 5.41) is 2.67. The molecule has 0 unspecified atom stereocenters. The zero-order valence-electron chi connectivity index (χ0n) is 16.5. The number of nitrogens with zero attached hydrogens (tertiary/aromatic N) is 1. The van der Waals surface area contributed by atoms with E-state index in [1.165, 1.54) is 10.5 Å². The molecule has 0 bridgehead atoms. The van der Waals surface area contributed by atoms with Crippen LogP contribution >= 0.6 is 39.9 Å². The maximum absolute atomic E-state index is 13.1.